The molecule has 2 N–H and O–H groups in total. The van der Waals surface area contributed by atoms with Gasteiger partial charge in [0.05, 0.1) is 10.5 Å². The van der Waals surface area contributed by atoms with Crippen molar-refractivity contribution < 1.29 is 18.4 Å². The Labute approximate surface area is 108 Å². The number of nitrogens with zero attached hydrogens (tertiary/aromatic N) is 1. The van der Waals surface area contributed by atoms with E-state index in [-0.39, 0.29) is 23.6 Å². The second kappa shape index (κ2) is 5.48. The van der Waals surface area contributed by atoms with Gasteiger partial charge >= 0.3 is 0 Å². The van der Waals surface area contributed by atoms with Crippen molar-refractivity contribution in [2.24, 2.45) is 5.73 Å². The van der Waals surface area contributed by atoms with E-state index in [0.29, 0.717) is 12.8 Å². The maximum Gasteiger partial charge on any atom is 0.270 e. The van der Waals surface area contributed by atoms with Crippen molar-refractivity contribution in [2.75, 3.05) is 0 Å². The molecule has 2 rings (SSSR count). The third kappa shape index (κ3) is 3.17. The van der Waals surface area contributed by atoms with Crippen LogP contribution in [-0.2, 0) is 0 Å². The second-order valence-electron chi connectivity index (χ2n) is 4.59. The number of hydrogen-bond donors (Lipinski definition) is 1. The van der Waals surface area contributed by atoms with Gasteiger partial charge in [-0.25, -0.2) is 8.78 Å². The molecule has 0 saturated heterocycles. The minimum Gasteiger partial charge on any atom is -0.490 e. The average molecular weight is 272 g/mol. The predicted octanol–water partition coefficient (Wildman–Crippen LogP) is 2.79. The van der Waals surface area contributed by atoms with Gasteiger partial charge in [-0.2, -0.15) is 0 Å². The number of nitrogens with two attached hydrogens (primary N) is 1. The van der Waals surface area contributed by atoms with Crippen LogP contribution in [0.4, 0.5) is 14.5 Å². The second-order valence-corrected chi connectivity index (χ2v) is 4.59. The zero-order valence-corrected chi connectivity index (χ0v) is 10.1. The van der Waals surface area contributed by atoms with E-state index in [2.05, 4.69) is 0 Å². The number of alkyl halides is 2. The summed E-state index contributed by atoms with van der Waals surface area (Å²) in [5.74, 6) is -0.000278. The summed E-state index contributed by atoms with van der Waals surface area (Å²) in [6.07, 6.45) is -0.902. The molecule has 0 spiro atoms. The van der Waals surface area contributed by atoms with E-state index in [0.717, 1.165) is 18.6 Å². The van der Waals surface area contributed by atoms with E-state index < -0.39 is 16.9 Å². The topological polar surface area (TPSA) is 78.4 Å². The Hall–Kier alpha value is -1.76. The molecule has 0 radical (unpaired) electrons. The van der Waals surface area contributed by atoms with E-state index in [1.165, 1.54) is 6.07 Å². The normalized spacial score (nSPS) is 22.7. The minimum absolute atomic E-state index is 0.000278. The summed E-state index contributed by atoms with van der Waals surface area (Å²) in [6, 6.07) is 3.27. The predicted molar refractivity (Wildman–Crippen MR) is 64.3 cm³/mol. The summed E-state index contributed by atoms with van der Waals surface area (Å²) < 4.78 is 31.3. The van der Waals surface area contributed by atoms with Crippen LogP contribution in [0, 0.1) is 10.1 Å². The van der Waals surface area contributed by atoms with Crippen LogP contribution in [-0.4, -0.2) is 17.1 Å². The highest BCUT2D eigenvalue weighted by molar-refractivity contribution is 5.44. The van der Waals surface area contributed by atoms with Crippen LogP contribution in [0.2, 0.25) is 0 Å². The monoisotopic (exact) mass is 272 g/mol. The molecule has 1 aromatic carbocycles. The fraction of sp³-hybridized carbons (Fsp3) is 0.500. The number of rotatable bonds is 4. The van der Waals surface area contributed by atoms with Gasteiger partial charge in [0.25, 0.3) is 12.1 Å². The molecule has 0 aliphatic heterocycles. The molecule has 7 heteroatoms. The first kappa shape index (κ1) is 13.7. The standard InChI is InChI=1S/C12H14F2N2O3/c13-12(14)10-6-8(16(17)18)2-4-11(10)19-9-3-1-7(15)5-9/h2,4,6-7,9,12H,1,3,5,15H2. The Morgan fingerprint density at radius 3 is 2.68 bits per heavy atom. The summed E-state index contributed by atoms with van der Waals surface area (Å²) >= 11 is 0. The van der Waals surface area contributed by atoms with Crippen LogP contribution in [0.25, 0.3) is 0 Å². The summed E-state index contributed by atoms with van der Waals surface area (Å²) in [6.45, 7) is 0. The van der Waals surface area contributed by atoms with Gasteiger partial charge in [0.1, 0.15) is 11.9 Å². The molecule has 1 fully saturated rings. The molecule has 2 atom stereocenters. The van der Waals surface area contributed by atoms with Crippen LogP contribution < -0.4 is 10.5 Å². The van der Waals surface area contributed by atoms with E-state index in [1.807, 2.05) is 0 Å². The van der Waals surface area contributed by atoms with Crippen LogP contribution in [0.15, 0.2) is 18.2 Å². The fourth-order valence-corrected chi connectivity index (χ4v) is 2.19. The summed E-state index contributed by atoms with van der Waals surface area (Å²) in [5.41, 5.74) is 4.90. The van der Waals surface area contributed by atoms with Crippen molar-refractivity contribution in [3.8, 4) is 5.75 Å². The lowest BCUT2D eigenvalue weighted by atomic mass is 10.1. The van der Waals surface area contributed by atoms with Gasteiger partial charge in [-0.15, -0.1) is 0 Å². The van der Waals surface area contributed by atoms with Crippen LogP contribution in [0.3, 0.4) is 0 Å². The average Bonchev–Trinajstić information content (AvgIpc) is 2.74. The van der Waals surface area contributed by atoms with Crippen molar-refractivity contribution >= 4 is 5.69 Å². The maximum absolute atomic E-state index is 12.9. The van der Waals surface area contributed by atoms with E-state index in [1.54, 1.807) is 0 Å². The quantitative estimate of drug-likeness (QED) is 0.675. The molecule has 19 heavy (non-hydrogen) atoms. The van der Waals surface area contributed by atoms with Crippen LogP contribution in [0.5, 0.6) is 5.75 Å². The lowest BCUT2D eigenvalue weighted by Crippen LogP contribution is -2.19. The van der Waals surface area contributed by atoms with Gasteiger partial charge in [-0.1, -0.05) is 0 Å². The Morgan fingerprint density at radius 2 is 2.16 bits per heavy atom. The van der Waals surface area contributed by atoms with Gasteiger partial charge in [0, 0.05) is 18.2 Å². The Balaban J connectivity index is 2.21. The molecule has 0 aromatic heterocycles. The summed E-state index contributed by atoms with van der Waals surface area (Å²) in [4.78, 5) is 9.87. The number of nitro benzene ring substituents is 1. The molecular weight excluding hydrogens is 258 g/mol. The largest absolute Gasteiger partial charge is 0.490 e. The SMILES string of the molecule is NC1CCC(Oc2ccc([N+](=O)[O-])cc2C(F)F)C1. The number of halogens is 2. The molecule has 2 unspecified atom stereocenters. The highest BCUT2D eigenvalue weighted by atomic mass is 19.3. The third-order valence-corrected chi connectivity index (χ3v) is 3.16. The smallest absolute Gasteiger partial charge is 0.270 e. The Kier molecular flexibility index (Phi) is 3.94. The molecule has 0 amide bonds. The van der Waals surface area contributed by atoms with Gasteiger partial charge in [0.15, 0.2) is 0 Å². The zero-order chi connectivity index (χ0) is 14.0. The summed E-state index contributed by atoms with van der Waals surface area (Å²) in [5, 5.41) is 10.6. The van der Waals surface area contributed by atoms with Crippen molar-refractivity contribution in [2.45, 2.75) is 37.8 Å². The summed E-state index contributed by atoms with van der Waals surface area (Å²) in [7, 11) is 0. The lowest BCUT2D eigenvalue weighted by Gasteiger charge is -2.16. The zero-order valence-electron chi connectivity index (χ0n) is 10.1. The van der Waals surface area contributed by atoms with Gasteiger partial charge in [-0.05, 0) is 25.3 Å². The number of non-ortho nitro benzene ring substituents is 1. The Morgan fingerprint density at radius 1 is 1.42 bits per heavy atom. The maximum atomic E-state index is 12.9. The molecular formula is C12H14F2N2O3. The van der Waals surface area contributed by atoms with E-state index in [4.69, 9.17) is 10.5 Å². The molecule has 0 heterocycles. The van der Waals surface area contributed by atoms with Crippen molar-refractivity contribution in [3.05, 3.63) is 33.9 Å². The number of benzene rings is 1. The minimum atomic E-state index is -2.81. The fourth-order valence-electron chi connectivity index (χ4n) is 2.19. The molecule has 5 nitrogen and oxygen atoms in total. The van der Waals surface area contributed by atoms with Crippen molar-refractivity contribution in [3.63, 3.8) is 0 Å². The van der Waals surface area contributed by atoms with Crippen molar-refractivity contribution in [1.29, 1.82) is 0 Å². The van der Waals surface area contributed by atoms with Crippen LogP contribution in [0.1, 0.15) is 31.3 Å². The van der Waals surface area contributed by atoms with Gasteiger partial charge in [-0.3, -0.25) is 10.1 Å². The van der Waals surface area contributed by atoms with Gasteiger partial charge < -0.3 is 10.5 Å². The molecule has 1 aliphatic rings. The molecule has 1 aromatic rings. The number of nitro groups is 1. The van der Waals surface area contributed by atoms with Crippen molar-refractivity contribution in [1.82, 2.24) is 0 Å². The number of ether oxygens (including phenoxy) is 1. The molecule has 0 bridgehead atoms. The number of hydrogen-bond acceptors (Lipinski definition) is 4. The third-order valence-electron chi connectivity index (χ3n) is 3.16. The van der Waals surface area contributed by atoms with Crippen LogP contribution >= 0.6 is 0 Å². The highest BCUT2D eigenvalue weighted by Crippen LogP contribution is 2.34. The molecule has 1 aliphatic carbocycles. The molecule has 104 valence electrons. The first-order valence-electron chi connectivity index (χ1n) is 5.96. The molecule has 1 saturated carbocycles. The first-order valence-corrected chi connectivity index (χ1v) is 5.96. The van der Waals surface area contributed by atoms with E-state index >= 15 is 0 Å². The lowest BCUT2D eigenvalue weighted by molar-refractivity contribution is -0.385. The highest BCUT2D eigenvalue weighted by Gasteiger charge is 2.26. The Bertz CT molecular complexity index is 482. The van der Waals surface area contributed by atoms with E-state index in [9.17, 15) is 18.9 Å². The van der Waals surface area contributed by atoms with Gasteiger partial charge in [0.2, 0.25) is 0 Å². The first-order chi connectivity index (χ1) is 8.97.